The van der Waals surface area contributed by atoms with E-state index in [9.17, 15) is 0 Å². The third-order valence-corrected chi connectivity index (χ3v) is 3.00. The minimum Gasteiger partial charge on any atom is -0.314 e. The molecule has 0 spiro atoms. The van der Waals surface area contributed by atoms with Gasteiger partial charge in [-0.1, -0.05) is 13.8 Å². The first kappa shape index (κ1) is 12.2. The predicted molar refractivity (Wildman–Crippen MR) is 65.0 cm³/mol. The molecule has 2 nitrogen and oxygen atoms in total. The fourth-order valence-corrected chi connectivity index (χ4v) is 1.45. The maximum absolute atomic E-state index is 4.10. The lowest BCUT2D eigenvalue weighted by molar-refractivity contribution is 0.430. The summed E-state index contributed by atoms with van der Waals surface area (Å²) in [5, 5.41) is 3.54. The van der Waals surface area contributed by atoms with Gasteiger partial charge in [-0.3, -0.25) is 4.98 Å². The molecule has 0 aliphatic carbocycles. The largest absolute Gasteiger partial charge is 0.314 e. The highest BCUT2D eigenvalue weighted by atomic mass is 14.9. The zero-order valence-corrected chi connectivity index (χ0v) is 10.2. The lowest BCUT2D eigenvalue weighted by Crippen LogP contribution is -2.32. The van der Waals surface area contributed by atoms with E-state index in [0.717, 1.165) is 13.0 Å². The number of hydrogen-bond acceptors (Lipinski definition) is 2. The second-order valence-corrected chi connectivity index (χ2v) is 4.54. The van der Waals surface area contributed by atoms with E-state index in [4.69, 9.17) is 0 Å². The monoisotopic (exact) mass is 206 g/mol. The van der Waals surface area contributed by atoms with Gasteiger partial charge in [-0.05, 0) is 49.9 Å². The van der Waals surface area contributed by atoms with Gasteiger partial charge in [0.25, 0.3) is 0 Å². The number of rotatable bonds is 5. The fourth-order valence-electron chi connectivity index (χ4n) is 1.45. The molecule has 15 heavy (non-hydrogen) atoms. The molecule has 0 aliphatic heterocycles. The molecule has 1 atom stereocenters. The van der Waals surface area contributed by atoms with Crippen molar-refractivity contribution < 1.29 is 0 Å². The topological polar surface area (TPSA) is 24.9 Å². The maximum atomic E-state index is 4.10. The van der Waals surface area contributed by atoms with Gasteiger partial charge < -0.3 is 5.32 Å². The summed E-state index contributed by atoms with van der Waals surface area (Å²) < 4.78 is 0. The van der Waals surface area contributed by atoms with Gasteiger partial charge in [0.1, 0.15) is 0 Å². The highest BCUT2D eigenvalue weighted by Crippen LogP contribution is 2.06. The molecule has 1 heterocycles. The summed E-state index contributed by atoms with van der Waals surface area (Å²) in [5.74, 6) is 0.698. The van der Waals surface area contributed by atoms with Crippen LogP contribution in [0.15, 0.2) is 18.5 Å². The van der Waals surface area contributed by atoms with Gasteiger partial charge in [-0.15, -0.1) is 0 Å². The average molecular weight is 206 g/mol. The van der Waals surface area contributed by atoms with Crippen molar-refractivity contribution in [2.24, 2.45) is 5.92 Å². The number of pyridine rings is 1. The van der Waals surface area contributed by atoms with Crippen molar-refractivity contribution in [1.82, 2.24) is 10.3 Å². The van der Waals surface area contributed by atoms with Crippen molar-refractivity contribution in [2.45, 2.75) is 40.2 Å². The van der Waals surface area contributed by atoms with E-state index in [0.29, 0.717) is 12.0 Å². The molecule has 0 radical (unpaired) electrons. The molecule has 0 fully saturated rings. The quantitative estimate of drug-likeness (QED) is 0.801. The molecule has 0 saturated heterocycles. The summed E-state index contributed by atoms with van der Waals surface area (Å²) >= 11 is 0. The van der Waals surface area contributed by atoms with E-state index in [2.05, 4.69) is 44.1 Å². The standard InChI is InChI=1S/C13H22N2/c1-10(2)12(4)15-8-6-13-5-7-14-9-11(13)3/h5,7,9-10,12,15H,6,8H2,1-4H3. The van der Waals surface area contributed by atoms with Crippen molar-refractivity contribution in [3.8, 4) is 0 Å². The summed E-state index contributed by atoms with van der Waals surface area (Å²) in [7, 11) is 0. The van der Waals surface area contributed by atoms with E-state index in [-0.39, 0.29) is 0 Å². The Morgan fingerprint density at radius 1 is 1.33 bits per heavy atom. The molecule has 2 heteroatoms. The van der Waals surface area contributed by atoms with Crippen LogP contribution in [0.3, 0.4) is 0 Å². The van der Waals surface area contributed by atoms with Crippen molar-refractivity contribution in [1.29, 1.82) is 0 Å². The zero-order valence-electron chi connectivity index (χ0n) is 10.2. The van der Waals surface area contributed by atoms with Crippen molar-refractivity contribution in [2.75, 3.05) is 6.54 Å². The summed E-state index contributed by atoms with van der Waals surface area (Å²) in [6, 6.07) is 2.70. The molecule has 0 aromatic carbocycles. The Morgan fingerprint density at radius 2 is 2.07 bits per heavy atom. The minimum atomic E-state index is 0.590. The molecule has 0 saturated carbocycles. The van der Waals surface area contributed by atoms with Gasteiger partial charge in [-0.25, -0.2) is 0 Å². The number of nitrogens with one attached hydrogen (secondary N) is 1. The Bertz CT molecular complexity index is 294. The Hall–Kier alpha value is -0.890. The maximum Gasteiger partial charge on any atom is 0.0299 e. The van der Waals surface area contributed by atoms with Crippen LogP contribution in [0, 0.1) is 12.8 Å². The van der Waals surface area contributed by atoms with Gasteiger partial charge in [0.15, 0.2) is 0 Å². The van der Waals surface area contributed by atoms with Gasteiger partial charge in [-0.2, -0.15) is 0 Å². The molecule has 1 unspecified atom stereocenters. The first-order valence-corrected chi connectivity index (χ1v) is 5.74. The van der Waals surface area contributed by atoms with Crippen LogP contribution >= 0.6 is 0 Å². The van der Waals surface area contributed by atoms with E-state index in [1.807, 2.05) is 12.4 Å². The number of aromatic nitrogens is 1. The van der Waals surface area contributed by atoms with Crippen LogP contribution in [-0.2, 0) is 6.42 Å². The molecule has 1 rings (SSSR count). The second-order valence-electron chi connectivity index (χ2n) is 4.54. The summed E-state index contributed by atoms with van der Waals surface area (Å²) in [4.78, 5) is 4.10. The molecule has 0 aliphatic rings. The minimum absolute atomic E-state index is 0.590. The summed E-state index contributed by atoms with van der Waals surface area (Å²) in [6.45, 7) is 9.90. The van der Waals surface area contributed by atoms with Gasteiger partial charge in [0.05, 0.1) is 0 Å². The van der Waals surface area contributed by atoms with E-state index >= 15 is 0 Å². The van der Waals surface area contributed by atoms with Gasteiger partial charge in [0.2, 0.25) is 0 Å². The third kappa shape index (κ3) is 4.00. The van der Waals surface area contributed by atoms with Crippen LogP contribution in [0.25, 0.3) is 0 Å². The molecule has 0 bridgehead atoms. The fraction of sp³-hybridized carbons (Fsp3) is 0.615. The first-order valence-electron chi connectivity index (χ1n) is 5.74. The summed E-state index contributed by atoms with van der Waals surface area (Å²) in [5.41, 5.74) is 2.69. The lowest BCUT2D eigenvalue weighted by atomic mass is 10.1. The molecule has 84 valence electrons. The van der Waals surface area contributed by atoms with E-state index < -0.39 is 0 Å². The molecule has 1 aromatic rings. The van der Waals surface area contributed by atoms with Gasteiger partial charge >= 0.3 is 0 Å². The van der Waals surface area contributed by atoms with Crippen LogP contribution in [-0.4, -0.2) is 17.6 Å². The van der Waals surface area contributed by atoms with Crippen LogP contribution in [0.4, 0.5) is 0 Å². The highest BCUT2D eigenvalue weighted by molar-refractivity contribution is 5.21. The Labute approximate surface area is 93.1 Å². The Kier molecular flexibility index (Phi) is 4.76. The van der Waals surface area contributed by atoms with Crippen molar-refractivity contribution in [3.63, 3.8) is 0 Å². The second kappa shape index (κ2) is 5.86. The van der Waals surface area contributed by atoms with Crippen molar-refractivity contribution in [3.05, 3.63) is 29.6 Å². The van der Waals surface area contributed by atoms with E-state index in [1.165, 1.54) is 11.1 Å². The SMILES string of the molecule is Cc1cnccc1CCNC(C)C(C)C. The third-order valence-electron chi connectivity index (χ3n) is 3.00. The van der Waals surface area contributed by atoms with Crippen LogP contribution in [0.2, 0.25) is 0 Å². The number of nitrogens with zero attached hydrogens (tertiary/aromatic N) is 1. The molecular weight excluding hydrogens is 184 g/mol. The first-order chi connectivity index (χ1) is 7.11. The normalized spacial score (nSPS) is 13.1. The highest BCUT2D eigenvalue weighted by Gasteiger charge is 2.05. The molecule has 1 aromatic heterocycles. The molecule has 0 amide bonds. The number of aryl methyl sites for hydroxylation is 1. The Balaban J connectivity index is 2.35. The lowest BCUT2D eigenvalue weighted by Gasteiger charge is -2.17. The predicted octanol–water partition coefficient (Wildman–Crippen LogP) is 2.57. The average Bonchev–Trinajstić information content (AvgIpc) is 2.20. The molecular formula is C13H22N2. The number of hydrogen-bond donors (Lipinski definition) is 1. The van der Waals surface area contributed by atoms with Crippen LogP contribution in [0.1, 0.15) is 31.9 Å². The molecule has 1 N–H and O–H groups in total. The van der Waals surface area contributed by atoms with Crippen molar-refractivity contribution >= 4 is 0 Å². The van der Waals surface area contributed by atoms with Gasteiger partial charge in [0, 0.05) is 18.4 Å². The smallest absolute Gasteiger partial charge is 0.0299 e. The summed E-state index contributed by atoms with van der Waals surface area (Å²) in [6.07, 6.45) is 4.89. The van der Waals surface area contributed by atoms with Crippen LogP contribution < -0.4 is 5.32 Å². The van der Waals surface area contributed by atoms with E-state index in [1.54, 1.807) is 0 Å². The van der Waals surface area contributed by atoms with Crippen LogP contribution in [0.5, 0.6) is 0 Å². The zero-order chi connectivity index (χ0) is 11.3. The Morgan fingerprint density at radius 3 is 2.67 bits per heavy atom.